The van der Waals surface area contributed by atoms with Crippen LogP contribution >= 0.6 is 0 Å². The van der Waals surface area contributed by atoms with Crippen LogP contribution in [0.4, 0.5) is 0 Å². The topological polar surface area (TPSA) is 26.3 Å². The van der Waals surface area contributed by atoms with Gasteiger partial charge in [0.1, 0.15) is 0 Å². The van der Waals surface area contributed by atoms with Crippen molar-refractivity contribution in [3.8, 4) is 0 Å². The minimum Gasteiger partial charge on any atom is -0.547 e. The summed E-state index contributed by atoms with van der Waals surface area (Å²) in [5.74, 6) is 0.849. The van der Waals surface area contributed by atoms with E-state index in [0.29, 0.717) is 0 Å². The molecule has 0 unspecified atom stereocenters. The molecule has 0 aromatic heterocycles. The molecular formula is C15H30O2Si. The van der Waals surface area contributed by atoms with Crippen molar-refractivity contribution in [2.24, 2.45) is 0 Å². The summed E-state index contributed by atoms with van der Waals surface area (Å²) in [6, 6.07) is 1.18. The highest BCUT2D eigenvalue weighted by molar-refractivity contribution is 6.71. The van der Waals surface area contributed by atoms with E-state index in [2.05, 4.69) is 20.0 Å². The van der Waals surface area contributed by atoms with Crippen LogP contribution in [0.1, 0.15) is 59.3 Å². The summed E-state index contributed by atoms with van der Waals surface area (Å²) in [6.45, 7) is 10.2. The van der Waals surface area contributed by atoms with Crippen molar-refractivity contribution < 1.29 is 9.22 Å². The summed E-state index contributed by atoms with van der Waals surface area (Å²) in [5, 5.41) is 0. The molecule has 0 bridgehead atoms. The minimum atomic E-state index is -1.62. The highest BCUT2D eigenvalue weighted by Gasteiger charge is 2.23. The lowest BCUT2D eigenvalue weighted by Crippen LogP contribution is -2.29. The standard InChI is InChI=1S/C15H30O2Si/c1-6-7-8-9-10-11-12-18(4,5)17-15(3)13-14(2)16/h13H,6-12H2,1-5H3/b15-13+. The molecular weight excluding hydrogens is 240 g/mol. The molecule has 0 aromatic rings. The van der Waals surface area contributed by atoms with Gasteiger partial charge in [-0.1, -0.05) is 45.4 Å². The Morgan fingerprint density at radius 3 is 2.17 bits per heavy atom. The fourth-order valence-electron chi connectivity index (χ4n) is 2.13. The number of carbonyl (C=O) groups is 1. The van der Waals surface area contributed by atoms with E-state index in [1.54, 1.807) is 13.0 Å². The van der Waals surface area contributed by atoms with Gasteiger partial charge in [-0.05, 0) is 33.0 Å². The molecule has 0 radical (unpaired) electrons. The maximum atomic E-state index is 11.0. The summed E-state index contributed by atoms with van der Waals surface area (Å²) in [6.07, 6.45) is 9.54. The normalized spacial score (nSPS) is 12.6. The van der Waals surface area contributed by atoms with E-state index in [1.165, 1.54) is 44.6 Å². The Morgan fingerprint density at radius 2 is 1.61 bits per heavy atom. The summed E-state index contributed by atoms with van der Waals surface area (Å²) in [4.78, 5) is 11.0. The van der Waals surface area contributed by atoms with Crippen LogP contribution < -0.4 is 0 Å². The molecule has 0 atom stereocenters. The number of rotatable bonds is 10. The van der Waals surface area contributed by atoms with Crippen LogP contribution in [-0.2, 0) is 9.22 Å². The number of allylic oxidation sites excluding steroid dienone is 2. The maximum Gasteiger partial charge on any atom is 0.244 e. The van der Waals surface area contributed by atoms with Crippen LogP contribution in [0, 0.1) is 0 Å². The smallest absolute Gasteiger partial charge is 0.244 e. The first-order valence-corrected chi connectivity index (χ1v) is 10.4. The third-order valence-electron chi connectivity index (χ3n) is 2.98. The van der Waals surface area contributed by atoms with E-state index in [1.807, 2.05) is 6.92 Å². The zero-order valence-electron chi connectivity index (χ0n) is 12.8. The Hall–Kier alpha value is -0.573. The molecule has 0 aliphatic carbocycles. The lowest BCUT2D eigenvalue weighted by atomic mass is 10.1. The van der Waals surface area contributed by atoms with Gasteiger partial charge in [0, 0.05) is 6.08 Å². The number of ketones is 1. The van der Waals surface area contributed by atoms with E-state index < -0.39 is 8.32 Å². The molecule has 0 aliphatic rings. The molecule has 0 aromatic carbocycles. The third-order valence-corrected chi connectivity index (χ3v) is 5.41. The SMILES string of the molecule is CCCCCCCC[Si](C)(C)O/C(C)=C/C(C)=O. The van der Waals surface area contributed by atoms with Crippen molar-refractivity contribution in [3.63, 3.8) is 0 Å². The van der Waals surface area contributed by atoms with Crippen LogP contribution in [0.25, 0.3) is 0 Å². The van der Waals surface area contributed by atoms with Crippen molar-refractivity contribution in [2.45, 2.75) is 78.4 Å². The number of unbranched alkanes of at least 4 members (excludes halogenated alkanes) is 5. The van der Waals surface area contributed by atoms with Crippen molar-refractivity contribution in [1.29, 1.82) is 0 Å². The third kappa shape index (κ3) is 10.6. The van der Waals surface area contributed by atoms with Crippen molar-refractivity contribution in [3.05, 3.63) is 11.8 Å². The first-order chi connectivity index (χ1) is 8.37. The second-order valence-electron chi connectivity index (χ2n) is 5.75. The van der Waals surface area contributed by atoms with Gasteiger partial charge >= 0.3 is 0 Å². The molecule has 0 saturated heterocycles. The van der Waals surface area contributed by atoms with Gasteiger partial charge in [-0.3, -0.25) is 4.79 Å². The van der Waals surface area contributed by atoms with E-state index in [9.17, 15) is 4.79 Å². The monoisotopic (exact) mass is 270 g/mol. The second kappa shape index (κ2) is 9.37. The fraction of sp³-hybridized carbons (Fsp3) is 0.800. The molecule has 18 heavy (non-hydrogen) atoms. The maximum absolute atomic E-state index is 11.0. The lowest BCUT2D eigenvalue weighted by molar-refractivity contribution is -0.112. The van der Waals surface area contributed by atoms with Gasteiger partial charge in [0.15, 0.2) is 5.78 Å². The van der Waals surface area contributed by atoms with Gasteiger partial charge in [-0.15, -0.1) is 0 Å². The summed E-state index contributed by atoms with van der Waals surface area (Å²) in [7, 11) is -1.62. The van der Waals surface area contributed by atoms with Gasteiger partial charge in [0.2, 0.25) is 8.32 Å². The van der Waals surface area contributed by atoms with Crippen LogP contribution in [0.3, 0.4) is 0 Å². The number of hydrogen-bond acceptors (Lipinski definition) is 2. The highest BCUT2D eigenvalue weighted by Crippen LogP contribution is 2.20. The van der Waals surface area contributed by atoms with Gasteiger partial charge in [0.25, 0.3) is 0 Å². The van der Waals surface area contributed by atoms with Gasteiger partial charge in [-0.25, -0.2) is 0 Å². The Labute approximate surface area is 114 Å². The largest absolute Gasteiger partial charge is 0.547 e. The quantitative estimate of drug-likeness (QED) is 0.240. The molecule has 3 heteroatoms. The van der Waals surface area contributed by atoms with Crippen LogP contribution in [-0.4, -0.2) is 14.1 Å². The van der Waals surface area contributed by atoms with Crippen molar-refractivity contribution in [1.82, 2.24) is 0 Å². The Kier molecular flexibility index (Phi) is 9.07. The molecule has 0 aliphatic heterocycles. The van der Waals surface area contributed by atoms with Gasteiger partial charge in [0.05, 0.1) is 5.76 Å². The fourth-order valence-corrected chi connectivity index (χ4v) is 4.27. The predicted octanol–water partition coefficient (Wildman–Crippen LogP) is 5.06. The average molecular weight is 270 g/mol. The zero-order valence-corrected chi connectivity index (χ0v) is 13.8. The minimum absolute atomic E-state index is 0.0665. The average Bonchev–Trinajstić information content (AvgIpc) is 2.20. The molecule has 0 amide bonds. The molecule has 2 nitrogen and oxygen atoms in total. The lowest BCUT2D eigenvalue weighted by Gasteiger charge is -2.24. The van der Waals surface area contributed by atoms with Crippen molar-refractivity contribution >= 4 is 14.1 Å². The molecule has 0 fully saturated rings. The second-order valence-corrected chi connectivity index (χ2v) is 9.97. The molecule has 106 valence electrons. The molecule has 0 spiro atoms. The summed E-state index contributed by atoms with van der Waals surface area (Å²) < 4.78 is 5.96. The van der Waals surface area contributed by atoms with E-state index in [0.717, 1.165) is 5.76 Å². The highest BCUT2D eigenvalue weighted by atomic mass is 28.4. The zero-order chi connectivity index (χ0) is 14.0. The Bertz CT molecular complexity index is 270. The molecule has 0 heterocycles. The van der Waals surface area contributed by atoms with E-state index >= 15 is 0 Å². The molecule has 0 saturated carbocycles. The summed E-state index contributed by atoms with van der Waals surface area (Å²) >= 11 is 0. The predicted molar refractivity (Wildman–Crippen MR) is 81.2 cm³/mol. The Balaban J connectivity index is 3.83. The molecule has 0 N–H and O–H groups in total. The summed E-state index contributed by atoms with van der Waals surface area (Å²) in [5.41, 5.74) is 0. The van der Waals surface area contributed by atoms with E-state index in [4.69, 9.17) is 4.43 Å². The molecule has 0 rings (SSSR count). The Morgan fingerprint density at radius 1 is 1.06 bits per heavy atom. The van der Waals surface area contributed by atoms with Crippen LogP contribution in [0.15, 0.2) is 11.8 Å². The van der Waals surface area contributed by atoms with Gasteiger partial charge < -0.3 is 4.43 Å². The van der Waals surface area contributed by atoms with Crippen LogP contribution in [0.2, 0.25) is 19.1 Å². The van der Waals surface area contributed by atoms with Gasteiger partial charge in [-0.2, -0.15) is 0 Å². The number of carbonyl (C=O) groups excluding carboxylic acids is 1. The first kappa shape index (κ1) is 17.4. The van der Waals surface area contributed by atoms with E-state index in [-0.39, 0.29) is 5.78 Å². The van der Waals surface area contributed by atoms with Crippen molar-refractivity contribution in [2.75, 3.05) is 0 Å². The number of hydrogen-bond donors (Lipinski definition) is 0. The first-order valence-electron chi connectivity index (χ1n) is 7.25. The van der Waals surface area contributed by atoms with Crippen LogP contribution in [0.5, 0.6) is 0 Å².